The van der Waals surface area contributed by atoms with Crippen molar-refractivity contribution in [1.82, 2.24) is 5.43 Å². The molecule has 1 aliphatic heterocycles. The van der Waals surface area contributed by atoms with Crippen molar-refractivity contribution in [2.45, 2.75) is 50.2 Å². The molecule has 116 valence electrons. The van der Waals surface area contributed by atoms with Crippen LogP contribution in [0.4, 0.5) is 4.39 Å². The van der Waals surface area contributed by atoms with Gasteiger partial charge in [-0.3, -0.25) is 11.3 Å². The summed E-state index contributed by atoms with van der Waals surface area (Å²) in [5.41, 5.74) is 3.42. The maximum atomic E-state index is 14.2. The highest BCUT2D eigenvalue weighted by molar-refractivity contribution is 6.30. The number of benzene rings is 1. The lowest BCUT2D eigenvalue weighted by molar-refractivity contribution is -0.0983. The van der Waals surface area contributed by atoms with E-state index >= 15 is 0 Å². The van der Waals surface area contributed by atoms with Gasteiger partial charge in [-0.05, 0) is 43.7 Å². The first-order valence-electron chi connectivity index (χ1n) is 7.69. The van der Waals surface area contributed by atoms with Gasteiger partial charge < -0.3 is 4.74 Å². The number of halogens is 2. The summed E-state index contributed by atoms with van der Waals surface area (Å²) in [7, 11) is 0. The Kier molecular flexibility index (Phi) is 4.50. The predicted octanol–water partition coefficient (Wildman–Crippen LogP) is 3.72. The number of nitrogens with one attached hydrogen (secondary N) is 1. The van der Waals surface area contributed by atoms with E-state index in [2.05, 4.69) is 5.43 Å². The van der Waals surface area contributed by atoms with Crippen LogP contribution >= 0.6 is 11.6 Å². The fourth-order valence-electron chi connectivity index (χ4n) is 3.95. The molecule has 0 aromatic heterocycles. The summed E-state index contributed by atoms with van der Waals surface area (Å²) >= 11 is 5.84. The molecule has 1 heterocycles. The molecule has 3 N–H and O–H groups in total. The van der Waals surface area contributed by atoms with Crippen molar-refractivity contribution < 1.29 is 9.13 Å². The fourth-order valence-corrected chi connectivity index (χ4v) is 4.11. The molecule has 3 nitrogen and oxygen atoms in total. The molecule has 1 aliphatic carbocycles. The maximum absolute atomic E-state index is 14.2. The van der Waals surface area contributed by atoms with Crippen molar-refractivity contribution in [3.8, 4) is 0 Å². The minimum Gasteiger partial charge on any atom is -0.375 e. The smallest absolute Gasteiger partial charge is 0.129 e. The van der Waals surface area contributed by atoms with E-state index in [0.717, 1.165) is 32.3 Å². The van der Waals surface area contributed by atoms with Crippen LogP contribution in [0.2, 0.25) is 5.02 Å². The van der Waals surface area contributed by atoms with Crippen LogP contribution in [0.15, 0.2) is 18.2 Å². The Morgan fingerprint density at radius 2 is 2.14 bits per heavy atom. The van der Waals surface area contributed by atoms with Crippen molar-refractivity contribution in [3.63, 3.8) is 0 Å². The van der Waals surface area contributed by atoms with E-state index in [1.165, 1.54) is 18.9 Å². The molecule has 3 rings (SSSR count). The largest absolute Gasteiger partial charge is 0.375 e. The van der Waals surface area contributed by atoms with Crippen molar-refractivity contribution in [2.75, 3.05) is 6.61 Å². The molecule has 0 bridgehead atoms. The molecule has 2 aliphatic rings. The molecule has 0 radical (unpaired) electrons. The molecule has 2 fully saturated rings. The highest BCUT2D eigenvalue weighted by Gasteiger charge is 2.42. The van der Waals surface area contributed by atoms with Gasteiger partial charge in [0.25, 0.3) is 0 Å². The summed E-state index contributed by atoms with van der Waals surface area (Å²) < 4.78 is 20.3. The third-order valence-corrected chi connectivity index (χ3v) is 5.23. The average Bonchev–Trinajstić information content (AvgIpc) is 2.90. The first-order valence-corrected chi connectivity index (χ1v) is 8.06. The number of nitrogens with two attached hydrogens (primary N) is 1. The molecule has 0 amide bonds. The Morgan fingerprint density at radius 1 is 1.38 bits per heavy atom. The summed E-state index contributed by atoms with van der Waals surface area (Å²) in [5, 5.41) is 0.409. The molecule has 1 aromatic carbocycles. The molecule has 1 saturated carbocycles. The van der Waals surface area contributed by atoms with Gasteiger partial charge in [-0.25, -0.2) is 4.39 Å². The quantitative estimate of drug-likeness (QED) is 0.660. The maximum Gasteiger partial charge on any atom is 0.129 e. The number of hydrazine groups is 1. The molecular weight excluding hydrogens is 291 g/mol. The number of rotatable bonds is 3. The Morgan fingerprint density at radius 3 is 2.81 bits per heavy atom. The summed E-state index contributed by atoms with van der Waals surface area (Å²) in [6.07, 6.45) is 6.53. The lowest BCUT2D eigenvalue weighted by atomic mass is 9.78. The summed E-state index contributed by atoms with van der Waals surface area (Å²) in [6.45, 7) is 0.734. The van der Waals surface area contributed by atoms with Gasteiger partial charge >= 0.3 is 0 Å². The highest BCUT2D eigenvalue weighted by Crippen LogP contribution is 2.45. The Bertz CT molecular complexity index is 505. The van der Waals surface area contributed by atoms with Crippen molar-refractivity contribution in [1.29, 1.82) is 0 Å². The van der Waals surface area contributed by atoms with Crippen LogP contribution in [-0.4, -0.2) is 12.2 Å². The zero-order valence-corrected chi connectivity index (χ0v) is 12.8. The van der Waals surface area contributed by atoms with Crippen molar-refractivity contribution >= 4 is 11.6 Å². The van der Waals surface area contributed by atoms with Gasteiger partial charge in [0.05, 0.1) is 11.6 Å². The van der Waals surface area contributed by atoms with E-state index in [0.29, 0.717) is 10.6 Å². The fraction of sp³-hybridized carbons (Fsp3) is 0.625. The monoisotopic (exact) mass is 312 g/mol. The van der Waals surface area contributed by atoms with Crippen LogP contribution in [0.25, 0.3) is 0 Å². The van der Waals surface area contributed by atoms with E-state index < -0.39 is 0 Å². The molecule has 21 heavy (non-hydrogen) atoms. The van der Waals surface area contributed by atoms with Gasteiger partial charge in [-0.15, -0.1) is 0 Å². The van der Waals surface area contributed by atoms with Gasteiger partial charge in [0, 0.05) is 17.2 Å². The van der Waals surface area contributed by atoms with Gasteiger partial charge in [0.15, 0.2) is 0 Å². The van der Waals surface area contributed by atoms with Crippen LogP contribution in [0.3, 0.4) is 0 Å². The van der Waals surface area contributed by atoms with Crippen LogP contribution < -0.4 is 11.3 Å². The normalized spacial score (nSPS) is 26.1. The van der Waals surface area contributed by atoms with E-state index in [-0.39, 0.29) is 23.4 Å². The first-order chi connectivity index (χ1) is 10.1. The number of hydrogen-bond donors (Lipinski definition) is 2. The Balaban J connectivity index is 1.82. The van der Waals surface area contributed by atoms with E-state index in [9.17, 15) is 4.39 Å². The Hall–Kier alpha value is -0.680. The number of hydrogen-bond acceptors (Lipinski definition) is 3. The van der Waals surface area contributed by atoms with Gasteiger partial charge in [-0.1, -0.05) is 30.5 Å². The standard InChI is InChI=1S/C16H22ClFN2O/c17-12-3-4-13(14(18)9-12)15(20-19)11-5-8-21-16(10-11)6-1-2-7-16/h3-4,9,11,15,20H,1-2,5-8,10,19H2. The Labute approximate surface area is 130 Å². The zero-order valence-electron chi connectivity index (χ0n) is 12.1. The second kappa shape index (κ2) is 6.21. The van der Waals surface area contributed by atoms with Crippen LogP contribution in [0, 0.1) is 11.7 Å². The van der Waals surface area contributed by atoms with E-state index in [4.69, 9.17) is 22.2 Å². The van der Waals surface area contributed by atoms with E-state index in [1.807, 2.05) is 0 Å². The molecule has 1 aromatic rings. The topological polar surface area (TPSA) is 47.3 Å². The van der Waals surface area contributed by atoms with Gasteiger partial charge in [-0.2, -0.15) is 0 Å². The van der Waals surface area contributed by atoms with Crippen molar-refractivity contribution in [3.05, 3.63) is 34.6 Å². The third-order valence-electron chi connectivity index (χ3n) is 4.99. The van der Waals surface area contributed by atoms with Gasteiger partial charge in [0.1, 0.15) is 5.82 Å². The second-order valence-corrected chi connectivity index (χ2v) is 6.74. The third kappa shape index (κ3) is 3.09. The van der Waals surface area contributed by atoms with E-state index in [1.54, 1.807) is 12.1 Å². The summed E-state index contributed by atoms with van der Waals surface area (Å²) in [6, 6.07) is 4.61. The first kappa shape index (κ1) is 15.2. The SMILES string of the molecule is NNC(c1ccc(Cl)cc1F)C1CCOC2(CCCC2)C1. The molecule has 1 spiro atoms. The predicted molar refractivity (Wildman–Crippen MR) is 81.3 cm³/mol. The minimum atomic E-state index is -0.294. The second-order valence-electron chi connectivity index (χ2n) is 6.30. The molecule has 1 saturated heterocycles. The van der Waals surface area contributed by atoms with Crippen LogP contribution in [0.1, 0.15) is 50.1 Å². The molecule has 2 unspecified atom stereocenters. The highest BCUT2D eigenvalue weighted by atomic mass is 35.5. The average molecular weight is 313 g/mol. The molecule has 2 atom stereocenters. The van der Waals surface area contributed by atoms with Crippen LogP contribution in [0.5, 0.6) is 0 Å². The number of ether oxygens (including phenoxy) is 1. The zero-order chi connectivity index (χ0) is 14.9. The summed E-state index contributed by atoms with van der Waals surface area (Å²) in [4.78, 5) is 0. The minimum absolute atomic E-state index is 0.000911. The van der Waals surface area contributed by atoms with Crippen LogP contribution in [-0.2, 0) is 4.74 Å². The molecular formula is C16H22ClFN2O. The van der Waals surface area contributed by atoms with Crippen molar-refractivity contribution in [2.24, 2.45) is 11.8 Å². The lowest BCUT2D eigenvalue weighted by Crippen LogP contribution is -2.43. The summed E-state index contributed by atoms with van der Waals surface area (Å²) in [5.74, 6) is 5.73. The molecule has 5 heteroatoms. The van der Waals surface area contributed by atoms with Gasteiger partial charge in [0.2, 0.25) is 0 Å². The lowest BCUT2D eigenvalue weighted by Gasteiger charge is -2.41.